The van der Waals surface area contributed by atoms with Crippen LogP contribution in [0.4, 0.5) is 8.78 Å². The van der Waals surface area contributed by atoms with Gasteiger partial charge in [-0.3, -0.25) is 0 Å². The number of hydrogen-bond donors (Lipinski definition) is 1. The number of nitriles is 1. The van der Waals surface area contributed by atoms with E-state index in [0.29, 0.717) is 0 Å². The van der Waals surface area contributed by atoms with Crippen LogP contribution in [0.1, 0.15) is 33.5 Å². The lowest BCUT2D eigenvalue weighted by Crippen LogP contribution is -2.06. The highest BCUT2D eigenvalue weighted by atomic mass is 35.5. The number of hydrogen-bond acceptors (Lipinski definition) is 2. The Morgan fingerprint density at radius 1 is 1.56 bits per heavy atom. The molecule has 0 amide bonds. The molecule has 0 aliphatic rings. The standard InChI is InChI=1S/C10H6ClF2NO2/c11-3-5-1-2-6(10(15)16)7(4-14)8(5)9(12)13/h1-2,9H,3H2,(H,15,16). The maximum Gasteiger partial charge on any atom is 0.337 e. The summed E-state index contributed by atoms with van der Waals surface area (Å²) in [5.41, 5.74) is -1.50. The van der Waals surface area contributed by atoms with Gasteiger partial charge >= 0.3 is 5.97 Å². The number of halogens is 3. The van der Waals surface area contributed by atoms with Crippen molar-refractivity contribution >= 4 is 17.6 Å². The molecule has 16 heavy (non-hydrogen) atoms. The molecule has 0 bridgehead atoms. The van der Waals surface area contributed by atoms with Gasteiger partial charge in [-0.2, -0.15) is 5.26 Å². The minimum Gasteiger partial charge on any atom is -0.478 e. The normalized spacial score (nSPS) is 10.2. The summed E-state index contributed by atoms with van der Waals surface area (Å²) < 4.78 is 25.4. The van der Waals surface area contributed by atoms with Crippen molar-refractivity contribution in [3.8, 4) is 6.07 Å². The van der Waals surface area contributed by atoms with Crippen LogP contribution < -0.4 is 0 Å². The largest absolute Gasteiger partial charge is 0.478 e. The lowest BCUT2D eigenvalue weighted by Gasteiger charge is -2.10. The summed E-state index contributed by atoms with van der Waals surface area (Å²) in [6.45, 7) is 0. The Kier molecular flexibility index (Phi) is 3.80. The summed E-state index contributed by atoms with van der Waals surface area (Å²) in [4.78, 5) is 10.7. The lowest BCUT2D eigenvalue weighted by molar-refractivity contribution is 0.0696. The zero-order valence-corrected chi connectivity index (χ0v) is 8.63. The first-order valence-electron chi connectivity index (χ1n) is 4.16. The monoisotopic (exact) mass is 245 g/mol. The Morgan fingerprint density at radius 3 is 2.56 bits per heavy atom. The number of aromatic carboxylic acids is 1. The van der Waals surface area contributed by atoms with Gasteiger partial charge in [-0.15, -0.1) is 11.6 Å². The Bertz CT molecular complexity index is 469. The second-order valence-corrected chi connectivity index (χ2v) is 3.18. The van der Waals surface area contributed by atoms with Crippen LogP contribution >= 0.6 is 11.6 Å². The molecule has 3 nitrogen and oxygen atoms in total. The van der Waals surface area contributed by atoms with E-state index in [0.717, 1.165) is 6.07 Å². The minimum atomic E-state index is -2.93. The van der Waals surface area contributed by atoms with Crippen LogP contribution in [0.2, 0.25) is 0 Å². The van der Waals surface area contributed by atoms with Crippen LogP contribution in [0.15, 0.2) is 12.1 Å². The molecule has 1 N–H and O–H groups in total. The van der Waals surface area contributed by atoms with Gasteiger partial charge in [0.05, 0.1) is 11.1 Å². The van der Waals surface area contributed by atoms with E-state index in [4.69, 9.17) is 22.0 Å². The maximum absolute atomic E-state index is 12.7. The van der Waals surface area contributed by atoms with E-state index in [1.165, 1.54) is 12.1 Å². The molecule has 0 saturated heterocycles. The summed E-state index contributed by atoms with van der Waals surface area (Å²) in [5, 5.41) is 17.5. The lowest BCUT2D eigenvalue weighted by atomic mass is 9.97. The van der Waals surface area contributed by atoms with Gasteiger partial charge < -0.3 is 5.11 Å². The summed E-state index contributed by atoms with van der Waals surface area (Å²) in [6, 6.07) is 3.78. The third-order valence-electron chi connectivity index (χ3n) is 2.04. The zero-order chi connectivity index (χ0) is 12.3. The fraction of sp³-hybridized carbons (Fsp3) is 0.200. The molecule has 0 saturated carbocycles. The molecular formula is C10H6ClF2NO2. The van der Waals surface area contributed by atoms with Gasteiger partial charge in [-0.05, 0) is 11.6 Å². The van der Waals surface area contributed by atoms with Gasteiger partial charge in [0.25, 0.3) is 6.43 Å². The van der Waals surface area contributed by atoms with Gasteiger partial charge in [-0.1, -0.05) is 6.07 Å². The highest BCUT2D eigenvalue weighted by Gasteiger charge is 2.23. The van der Waals surface area contributed by atoms with E-state index < -0.39 is 29.1 Å². The molecule has 0 aromatic heterocycles. The van der Waals surface area contributed by atoms with E-state index >= 15 is 0 Å². The van der Waals surface area contributed by atoms with Crippen LogP contribution in [0.5, 0.6) is 0 Å². The number of rotatable bonds is 3. The first kappa shape index (κ1) is 12.4. The van der Waals surface area contributed by atoms with Crippen molar-refractivity contribution in [2.24, 2.45) is 0 Å². The number of nitrogens with zero attached hydrogens (tertiary/aromatic N) is 1. The van der Waals surface area contributed by atoms with Gasteiger partial charge in [0, 0.05) is 11.4 Å². The van der Waals surface area contributed by atoms with Crippen molar-refractivity contribution in [1.82, 2.24) is 0 Å². The van der Waals surface area contributed by atoms with Crippen LogP contribution in [0.25, 0.3) is 0 Å². The van der Waals surface area contributed by atoms with Crippen molar-refractivity contribution in [2.75, 3.05) is 0 Å². The Hall–Kier alpha value is -1.67. The molecule has 0 atom stereocenters. The molecule has 1 rings (SSSR count). The van der Waals surface area contributed by atoms with E-state index in [-0.39, 0.29) is 11.4 Å². The summed E-state index contributed by atoms with van der Waals surface area (Å²) in [7, 11) is 0. The highest BCUT2D eigenvalue weighted by molar-refractivity contribution is 6.17. The third kappa shape index (κ3) is 2.12. The molecule has 0 heterocycles. The Labute approximate surface area is 94.9 Å². The SMILES string of the molecule is N#Cc1c(C(=O)O)ccc(CCl)c1C(F)F. The first-order chi connectivity index (χ1) is 7.52. The smallest absolute Gasteiger partial charge is 0.337 e. The van der Waals surface area contributed by atoms with Crippen molar-refractivity contribution < 1.29 is 18.7 Å². The molecule has 1 aromatic carbocycles. The third-order valence-corrected chi connectivity index (χ3v) is 2.33. The minimum absolute atomic E-state index is 0.0678. The molecule has 0 radical (unpaired) electrons. The number of carboxylic acids is 1. The molecule has 0 unspecified atom stereocenters. The van der Waals surface area contributed by atoms with Gasteiger partial charge in [0.15, 0.2) is 0 Å². The molecule has 0 fully saturated rings. The summed E-state index contributed by atoms with van der Waals surface area (Å²) in [6.07, 6.45) is -2.93. The highest BCUT2D eigenvalue weighted by Crippen LogP contribution is 2.29. The molecular weight excluding hydrogens is 240 g/mol. The first-order valence-corrected chi connectivity index (χ1v) is 4.69. The predicted molar refractivity (Wildman–Crippen MR) is 52.6 cm³/mol. The number of alkyl halides is 3. The number of carbonyl (C=O) groups is 1. The molecule has 84 valence electrons. The second-order valence-electron chi connectivity index (χ2n) is 2.91. The maximum atomic E-state index is 12.7. The molecule has 1 aromatic rings. The van der Waals surface area contributed by atoms with E-state index in [9.17, 15) is 13.6 Å². The zero-order valence-electron chi connectivity index (χ0n) is 7.88. The van der Waals surface area contributed by atoms with Crippen LogP contribution in [-0.2, 0) is 5.88 Å². The van der Waals surface area contributed by atoms with Crippen LogP contribution in [0.3, 0.4) is 0 Å². The molecule has 0 aliphatic carbocycles. The topological polar surface area (TPSA) is 61.1 Å². The van der Waals surface area contributed by atoms with Gasteiger partial charge in [-0.25, -0.2) is 13.6 Å². The Balaban J connectivity index is 3.58. The number of carboxylic acid groups (broad SMARTS) is 1. The van der Waals surface area contributed by atoms with Gasteiger partial charge in [0.1, 0.15) is 6.07 Å². The average Bonchev–Trinajstić information content (AvgIpc) is 2.26. The molecule has 0 aliphatic heterocycles. The fourth-order valence-electron chi connectivity index (χ4n) is 1.33. The summed E-state index contributed by atoms with van der Waals surface area (Å²) in [5.74, 6) is -1.62. The average molecular weight is 246 g/mol. The summed E-state index contributed by atoms with van der Waals surface area (Å²) >= 11 is 5.45. The van der Waals surface area contributed by atoms with Crippen molar-refractivity contribution in [2.45, 2.75) is 12.3 Å². The van der Waals surface area contributed by atoms with Crippen molar-refractivity contribution in [1.29, 1.82) is 5.26 Å². The van der Waals surface area contributed by atoms with E-state index in [1.54, 1.807) is 0 Å². The second kappa shape index (κ2) is 4.90. The fourth-order valence-corrected chi connectivity index (χ4v) is 1.56. The van der Waals surface area contributed by atoms with Gasteiger partial charge in [0.2, 0.25) is 0 Å². The predicted octanol–water partition coefficient (Wildman–Crippen LogP) is 2.93. The van der Waals surface area contributed by atoms with E-state index in [2.05, 4.69) is 0 Å². The van der Waals surface area contributed by atoms with E-state index in [1.807, 2.05) is 0 Å². The molecule has 0 spiro atoms. The van der Waals surface area contributed by atoms with Crippen molar-refractivity contribution in [3.63, 3.8) is 0 Å². The molecule has 6 heteroatoms. The Morgan fingerprint density at radius 2 is 2.19 bits per heavy atom. The number of benzene rings is 1. The van der Waals surface area contributed by atoms with Crippen molar-refractivity contribution in [3.05, 3.63) is 34.4 Å². The van der Waals surface area contributed by atoms with Crippen LogP contribution in [-0.4, -0.2) is 11.1 Å². The quantitative estimate of drug-likeness (QED) is 0.833. The van der Waals surface area contributed by atoms with Crippen LogP contribution in [0, 0.1) is 11.3 Å².